The number of nitrogens with zero attached hydrogens (tertiary/aromatic N) is 1. The van der Waals surface area contributed by atoms with Gasteiger partial charge in [0.15, 0.2) is 0 Å². The Morgan fingerprint density at radius 1 is 1.10 bits per heavy atom. The van der Waals surface area contributed by atoms with Crippen LogP contribution in [0.1, 0.15) is 11.1 Å². The van der Waals surface area contributed by atoms with Gasteiger partial charge in [0.25, 0.3) is 0 Å². The molecule has 1 amide bonds. The van der Waals surface area contributed by atoms with E-state index < -0.39 is 12.0 Å². The van der Waals surface area contributed by atoms with Gasteiger partial charge in [-0.1, -0.05) is 36.4 Å². The Balaban J connectivity index is 1.96. The molecule has 5 nitrogen and oxygen atoms in total. The first-order valence-corrected chi connectivity index (χ1v) is 6.60. The fraction of sp³-hybridized carbons (Fsp3) is 0.188. The van der Waals surface area contributed by atoms with Crippen LogP contribution in [0.15, 0.2) is 54.9 Å². The highest BCUT2D eigenvalue weighted by atomic mass is 16.4. The van der Waals surface area contributed by atoms with E-state index in [1.54, 1.807) is 24.5 Å². The minimum atomic E-state index is -1.04. The molecule has 0 spiro atoms. The molecule has 0 aliphatic heterocycles. The van der Waals surface area contributed by atoms with Crippen molar-refractivity contribution in [2.24, 2.45) is 0 Å². The van der Waals surface area contributed by atoms with Crippen LogP contribution < -0.4 is 5.32 Å². The Morgan fingerprint density at radius 3 is 2.43 bits per heavy atom. The van der Waals surface area contributed by atoms with E-state index in [4.69, 9.17) is 0 Å². The molecule has 0 saturated carbocycles. The number of hydrogen-bond acceptors (Lipinski definition) is 3. The summed E-state index contributed by atoms with van der Waals surface area (Å²) in [6.45, 7) is 0. The molecule has 0 fully saturated rings. The highest BCUT2D eigenvalue weighted by Crippen LogP contribution is 2.04. The largest absolute Gasteiger partial charge is 0.480 e. The number of carbonyl (C=O) groups is 2. The van der Waals surface area contributed by atoms with E-state index in [9.17, 15) is 14.7 Å². The van der Waals surface area contributed by atoms with Gasteiger partial charge in [0.2, 0.25) is 5.91 Å². The third kappa shape index (κ3) is 4.72. The van der Waals surface area contributed by atoms with Crippen molar-refractivity contribution < 1.29 is 14.7 Å². The monoisotopic (exact) mass is 284 g/mol. The number of rotatable bonds is 6. The topological polar surface area (TPSA) is 79.3 Å². The Bertz CT molecular complexity index is 599. The molecule has 0 aliphatic carbocycles. The summed E-state index contributed by atoms with van der Waals surface area (Å²) in [4.78, 5) is 27.1. The molecule has 108 valence electrons. The molecule has 0 aliphatic rings. The zero-order chi connectivity index (χ0) is 15.1. The molecule has 5 heteroatoms. The van der Waals surface area contributed by atoms with Crippen molar-refractivity contribution in [1.82, 2.24) is 10.3 Å². The standard InChI is InChI=1S/C16H16N2O3/c19-15(10-13-7-4-8-17-11-13)18-14(16(20)21)9-12-5-2-1-3-6-12/h1-8,11,14H,9-10H2,(H,18,19)(H,20,21)/t14-/m1/s1. The number of hydrogen-bond donors (Lipinski definition) is 2. The number of pyridine rings is 1. The maximum atomic E-state index is 11.9. The van der Waals surface area contributed by atoms with Crippen LogP contribution in [0.5, 0.6) is 0 Å². The van der Waals surface area contributed by atoms with E-state index in [2.05, 4.69) is 10.3 Å². The van der Waals surface area contributed by atoms with Gasteiger partial charge in [-0.2, -0.15) is 0 Å². The van der Waals surface area contributed by atoms with Crippen LogP contribution >= 0.6 is 0 Å². The molecule has 1 heterocycles. The average molecular weight is 284 g/mol. The molecule has 1 aromatic heterocycles. The van der Waals surface area contributed by atoms with Gasteiger partial charge in [0.1, 0.15) is 6.04 Å². The number of nitrogens with one attached hydrogen (secondary N) is 1. The summed E-state index contributed by atoms with van der Waals surface area (Å²) < 4.78 is 0. The van der Waals surface area contributed by atoms with Crippen molar-refractivity contribution >= 4 is 11.9 Å². The van der Waals surface area contributed by atoms with Gasteiger partial charge in [-0.3, -0.25) is 9.78 Å². The minimum absolute atomic E-state index is 0.117. The van der Waals surface area contributed by atoms with E-state index in [0.717, 1.165) is 11.1 Å². The summed E-state index contributed by atoms with van der Waals surface area (Å²) in [5.74, 6) is -1.37. The molecule has 2 rings (SSSR count). The third-order valence-corrected chi connectivity index (χ3v) is 3.00. The molecule has 21 heavy (non-hydrogen) atoms. The fourth-order valence-corrected chi connectivity index (χ4v) is 1.98. The first-order valence-electron chi connectivity index (χ1n) is 6.60. The number of aliphatic carboxylic acids is 1. The normalized spacial score (nSPS) is 11.6. The highest BCUT2D eigenvalue weighted by molar-refractivity contribution is 5.85. The van der Waals surface area contributed by atoms with Gasteiger partial charge in [-0.05, 0) is 17.2 Å². The molecule has 1 aromatic carbocycles. The van der Waals surface area contributed by atoms with Gasteiger partial charge in [-0.15, -0.1) is 0 Å². The second-order valence-electron chi connectivity index (χ2n) is 4.69. The average Bonchev–Trinajstić information content (AvgIpc) is 2.48. The number of carboxylic acids is 1. The second-order valence-corrected chi connectivity index (χ2v) is 4.69. The van der Waals surface area contributed by atoms with E-state index >= 15 is 0 Å². The van der Waals surface area contributed by atoms with Crippen molar-refractivity contribution in [2.75, 3.05) is 0 Å². The molecule has 1 atom stereocenters. The number of carboxylic acid groups (broad SMARTS) is 1. The van der Waals surface area contributed by atoms with Crippen molar-refractivity contribution in [3.63, 3.8) is 0 Å². The van der Waals surface area contributed by atoms with E-state index in [0.29, 0.717) is 0 Å². The Kier molecular flexibility index (Phi) is 5.04. The molecule has 0 bridgehead atoms. The van der Waals surface area contributed by atoms with Crippen molar-refractivity contribution in [1.29, 1.82) is 0 Å². The molecule has 2 N–H and O–H groups in total. The van der Waals surface area contributed by atoms with Crippen LogP contribution in [0.3, 0.4) is 0 Å². The Morgan fingerprint density at radius 2 is 1.81 bits per heavy atom. The number of amides is 1. The fourth-order valence-electron chi connectivity index (χ4n) is 1.98. The van der Waals surface area contributed by atoms with Gasteiger partial charge >= 0.3 is 5.97 Å². The summed E-state index contributed by atoms with van der Waals surface area (Å²) >= 11 is 0. The number of benzene rings is 1. The summed E-state index contributed by atoms with van der Waals surface area (Å²) in [5.41, 5.74) is 1.62. The predicted molar refractivity (Wildman–Crippen MR) is 77.7 cm³/mol. The molecule has 0 unspecified atom stereocenters. The van der Waals surface area contributed by atoms with Gasteiger partial charge in [0.05, 0.1) is 6.42 Å². The molecule has 0 radical (unpaired) electrons. The van der Waals surface area contributed by atoms with Crippen molar-refractivity contribution in [3.05, 3.63) is 66.0 Å². The lowest BCUT2D eigenvalue weighted by atomic mass is 10.1. The van der Waals surface area contributed by atoms with Crippen molar-refractivity contribution in [2.45, 2.75) is 18.9 Å². The quantitative estimate of drug-likeness (QED) is 0.841. The molecular weight excluding hydrogens is 268 g/mol. The summed E-state index contributed by atoms with van der Waals surface area (Å²) in [7, 11) is 0. The molecule has 2 aromatic rings. The van der Waals surface area contributed by atoms with Crippen LogP contribution in [0.25, 0.3) is 0 Å². The summed E-state index contributed by atoms with van der Waals surface area (Å²) in [5, 5.41) is 11.8. The van der Waals surface area contributed by atoms with Gasteiger partial charge in [0, 0.05) is 18.8 Å². The Hall–Kier alpha value is -2.69. The van der Waals surface area contributed by atoms with Gasteiger partial charge in [-0.25, -0.2) is 4.79 Å². The molecular formula is C16H16N2O3. The lowest BCUT2D eigenvalue weighted by molar-refractivity contribution is -0.141. The lowest BCUT2D eigenvalue weighted by Gasteiger charge is -2.14. The van der Waals surface area contributed by atoms with Gasteiger partial charge < -0.3 is 10.4 Å². The van der Waals surface area contributed by atoms with Crippen LogP contribution in [-0.2, 0) is 22.4 Å². The minimum Gasteiger partial charge on any atom is -0.480 e. The molecule has 0 saturated heterocycles. The van der Waals surface area contributed by atoms with Crippen molar-refractivity contribution in [3.8, 4) is 0 Å². The van der Waals surface area contributed by atoms with E-state index in [1.807, 2.05) is 30.3 Å². The number of carbonyl (C=O) groups excluding carboxylic acids is 1. The first kappa shape index (κ1) is 14.7. The summed E-state index contributed by atoms with van der Waals surface area (Å²) in [6.07, 6.45) is 3.59. The maximum Gasteiger partial charge on any atom is 0.326 e. The van der Waals surface area contributed by atoms with Crippen LogP contribution in [0.2, 0.25) is 0 Å². The second kappa shape index (κ2) is 7.19. The van der Waals surface area contributed by atoms with E-state index in [1.165, 1.54) is 0 Å². The smallest absolute Gasteiger partial charge is 0.326 e. The predicted octanol–water partition coefficient (Wildman–Crippen LogP) is 1.44. The van der Waals surface area contributed by atoms with Crippen LogP contribution in [0, 0.1) is 0 Å². The van der Waals surface area contributed by atoms with Crippen LogP contribution in [0.4, 0.5) is 0 Å². The SMILES string of the molecule is O=C(Cc1cccnc1)N[C@H](Cc1ccccc1)C(=O)O. The third-order valence-electron chi connectivity index (χ3n) is 3.00. The summed E-state index contributed by atoms with van der Waals surface area (Å²) in [6, 6.07) is 11.8. The lowest BCUT2D eigenvalue weighted by Crippen LogP contribution is -2.43. The first-order chi connectivity index (χ1) is 10.1. The highest BCUT2D eigenvalue weighted by Gasteiger charge is 2.20. The Labute approximate surface area is 122 Å². The van der Waals surface area contributed by atoms with E-state index in [-0.39, 0.29) is 18.7 Å². The van der Waals surface area contributed by atoms with Crippen LogP contribution in [-0.4, -0.2) is 28.0 Å². The zero-order valence-electron chi connectivity index (χ0n) is 11.4. The maximum absolute atomic E-state index is 11.9. The zero-order valence-corrected chi connectivity index (χ0v) is 11.4. The number of aromatic nitrogens is 1.